The molecule has 0 saturated carbocycles. The molecule has 0 aliphatic rings. The zero-order chi connectivity index (χ0) is 12.8. The monoisotopic (exact) mass is 300 g/mol. The van der Waals surface area contributed by atoms with Crippen LogP contribution in [0.4, 0.5) is 0 Å². The SMILES string of the molecule is CC(C)NCCOc1ccc(C(N)=O)c(Br)c1. The van der Waals surface area contributed by atoms with Crippen molar-refractivity contribution in [2.45, 2.75) is 19.9 Å². The van der Waals surface area contributed by atoms with Gasteiger partial charge in [-0.15, -0.1) is 0 Å². The van der Waals surface area contributed by atoms with Gasteiger partial charge in [0.15, 0.2) is 0 Å². The topological polar surface area (TPSA) is 64.3 Å². The Balaban J connectivity index is 2.50. The van der Waals surface area contributed by atoms with Crippen molar-refractivity contribution in [3.63, 3.8) is 0 Å². The zero-order valence-electron chi connectivity index (χ0n) is 10.00. The van der Waals surface area contributed by atoms with E-state index in [4.69, 9.17) is 10.5 Å². The molecule has 0 spiro atoms. The van der Waals surface area contributed by atoms with Gasteiger partial charge in [-0.05, 0) is 34.1 Å². The third-order valence-electron chi connectivity index (χ3n) is 2.13. The summed E-state index contributed by atoms with van der Waals surface area (Å²) >= 11 is 3.28. The van der Waals surface area contributed by atoms with E-state index in [1.165, 1.54) is 0 Å². The van der Waals surface area contributed by atoms with Crippen LogP contribution >= 0.6 is 15.9 Å². The second-order valence-electron chi connectivity index (χ2n) is 3.96. The summed E-state index contributed by atoms with van der Waals surface area (Å²) in [5, 5.41) is 3.25. The summed E-state index contributed by atoms with van der Waals surface area (Å²) in [5.41, 5.74) is 5.66. The lowest BCUT2D eigenvalue weighted by atomic mass is 10.2. The Morgan fingerprint density at radius 1 is 1.53 bits per heavy atom. The van der Waals surface area contributed by atoms with Crippen molar-refractivity contribution >= 4 is 21.8 Å². The highest BCUT2D eigenvalue weighted by Gasteiger charge is 2.06. The van der Waals surface area contributed by atoms with Crippen LogP contribution in [0.15, 0.2) is 22.7 Å². The number of benzene rings is 1. The van der Waals surface area contributed by atoms with Gasteiger partial charge in [-0.25, -0.2) is 0 Å². The summed E-state index contributed by atoms with van der Waals surface area (Å²) in [5.74, 6) is 0.261. The smallest absolute Gasteiger partial charge is 0.249 e. The Kier molecular flexibility index (Phi) is 5.44. The highest BCUT2D eigenvalue weighted by molar-refractivity contribution is 9.10. The number of nitrogens with one attached hydrogen (secondary N) is 1. The van der Waals surface area contributed by atoms with Crippen LogP contribution in [0.25, 0.3) is 0 Å². The van der Waals surface area contributed by atoms with Crippen molar-refractivity contribution in [3.05, 3.63) is 28.2 Å². The third kappa shape index (κ3) is 4.75. The number of halogens is 1. The fourth-order valence-corrected chi connectivity index (χ4v) is 1.86. The molecule has 1 amide bonds. The van der Waals surface area contributed by atoms with Gasteiger partial charge in [-0.2, -0.15) is 0 Å². The van der Waals surface area contributed by atoms with Gasteiger partial charge in [0.05, 0.1) is 5.56 Å². The van der Waals surface area contributed by atoms with E-state index in [1.807, 2.05) is 0 Å². The van der Waals surface area contributed by atoms with E-state index in [1.54, 1.807) is 18.2 Å². The van der Waals surface area contributed by atoms with Gasteiger partial charge < -0.3 is 15.8 Å². The van der Waals surface area contributed by atoms with Crippen molar-refractivity contribution in [2.75, 3.05) is 13.2 Å². The van der Waals surface area contributed by atoms with Crippen LogP contribution in [0, 0.1) is 0 Å². The maximum Gasteiger partial charge on any atom is 0.249 e. The normalized spacial score (nSPS) is 10.6. The molecule has 3 N–H and O–H groups in total. The number of nitrogens with two attached hydrogens (primary N) is 1. The van der Waals surface area contributed by atoms with Crippen molar-refractivity contribution in [2.24, 2.45) is 5.73 Å². The molecule has 0 fully saturated rings. The molecule has 1 aromatic carbocycles. The second kappa shape index (κ2) is 6.61. The summed E-state index contributed by atoms with van der Waals surface area (Å²) in [6, 6.07) is 5.58. The van der Waals surface area contributed by atoms with Crippen LogP contribution in [0.1, 0.15) is 24.2 Å². The largest absolute Gasteiger partial charge is 0.492 e. The molecule has 0 radical (unpaired) electrons. The van der Waals surface area contributed by atoms with Gasteiger partial charge in [0.2, 0.25) is 5.91 Å². The minimum absolute atomic E-state index is 0.447. The van der Waals surface area contributed by atoms with E-state index in [-0.39, 0.29) is 0 Å². The average Bonchev–Trinajstić information content (AvgIpc) is 2.23. The highest BCUT2D eigenvalue weighted by Crippen LogP contribution is 2.22. The van der Waals surface area contributed by atoms with Crippen LogP contribution in [0.3, 0.4) is 0 Å². The molecule has 0 aromatic heterocycles. The predicted molar refractivity (Wildman–Crippen MR) is 71.3 cm³/mol. The van der Waals surface area contributed by atoms with E-state index < -0.39 is 5.91 Å². The Bertz CT molecular complexity index is 394. The third-order valence-corrected chi connectivity index (χ3v) is 2.79. The molecule has 5 heteroatoms. The first-order chi connectivity index (χ1) is 8.00. The first-order valence-corrected chi connectivity index (χ1v) is 6.25. The maximum absolute atomic E-state index is 11.0. The standard InChI is InChI=1S/C12H17BrN2O2/c1-8(2)15-5-6-17-9-3-4-10(12(14)16)11(13)7-9/h3-4,7-8,15H,5-6H2,1-2H3,(H2,14,16). The van der Waals surface area contributed by atoms with E-state index in [9.17, 15) is 4.79 Å². The molecule has 0 aliphatic heterocycles. The molecular weight excluding hydrogens is 284 g/mol. The summed E-state index contributed by atoms with van der Waals surface area (Å²) < 4.78 is 6.18. The Labute approximate surface area is 110 Å². The molecule has 1 rings (SSSR count). The maximum atomic E-state index is 11.0. The first kappa shape index (κ1) is 14.0. The lowest BCUT2D eigenvalue weighted by Gasteiger charge is -2.10. The van der Waals surface area contributed by atoms with Gasteiger partial charge in [0.1, 0.15) is 12.4 Å². The number of hydrogen-bond donors (Lipinski definition) is 2. The van der Waals surface area contributed by atoms with Gasteiger partial charge in [0, 0.05) is 17.1 Å². The number of carbonyl (C=O) groups excluding carboxylic acids is 1. The lowest BCUT2D eigenvalue weighted by molar-refractivity contribution is 0.0999. The van der Waals surface area contributed by atoms with Crippen molar-refractivity contribution in [1.82, 2.24) is 5.32 Å². The second-order valence-corrected chi connectivity index (χ2v) is 4.82. The molecule has 0 heterocycles. The van der Waals surface area contributed by atoms with E-state index in [0.717, 1.165) is 6.54 Å². The minimum atomic E-state index is -0.454. The molecule has 17 heavy (non-hydrogen) atoms. The Hall–Kier alpha value is -1.07. The summed E-state index contributed by atoms with van der Waals surface area (Å²) in [6.07, 6.45) is 0. The number of ether oxygens (including phenoxy) is 1. The average molecular weight is 301 g/mol. The summed E-state index contributed by atoms with van der Waals surface area (Å²) in [4.78, 5) is 11.0. The van der Waals surface area contributed by atoms with Crippen molar-refractivity contribution in [1.29, 1.82) is 0 Å². The predicted octanol–water partition coefficient (Wildman–Crippen LogP) is 1.92. The molecule has 0 atom stereocenters. The highest BCUT2D eigenvalue weighted by atomic mass is 79.9. The van der Waals surface area contributed by atoms with Gasteiger partial charge in [0.25, 0.3) is 0 Å². The van der Waals surface area contributed by atoms with E-state index in [0.29, 0.717) is 28.4 Å². The van der Waals surface area contributed by atoms with Gasteiger partial charge in [-0.1, -0.05) is 13.8 Å². The van der Waals surface area contributed by atoms with Crippen LogP contribution in [0.5, 0.6) is 5.75 Å². The van der Waals surface area contributed by atoms with Gasteiger partial charge in [-0.3, -0.25) is 4.79 Å². The van der Waals surface area contributed by atoms with Crippen LogP contribution in [-0.2, 0) is 0 Å². The summed E-state index contributed by atoms with van der Waals surface area (Å²) in [6.45, 7) is 5.53. The molecule has 94 valence electrons. The number of carbonyl (C=O) groups is 1. The molecule has 1 aromatic rings. The quantitative estimate of drug-likeness (QED) is 0.789. The Morgan fingerprint density at radius 3 is 2.76 bits per heavy atom. The molecule has 0 unspecified atom stereocenters. The van der Waals surface area contributed by atoms with Gasteiger partial charge >= 0.3 is 0 Å². The lowest BCUT2D eigenvalue weighted by Crippen LogP contribution is -2.27. The van der Waals surface area contributed by atoms with Crippen LogP contribution in [-0.4, -0.2) is 25.1 Å². The number of hydrogen-bond acceptors (Lipinski definition) is 3. The van der Waals surface area contributed by atoms with Crippen LogP contribution in [0.2, 0.25) is 0 Å². The molecule has 4 nitrogen and oxygen atoms in total. The molecular formula is C12H17BrN2O2. The number of amides is 1. The van der Waals surface area contributed by atoms with Crippen molar-refractivity contribution in [3.8, 4) is 5.75 Å². The van der Waals surface area contributed by atoms with E-state index in [2.05, 4.69) is 35.1 Å². The minimum Gasteiger partial charge on any atom is -0.492 e. The van der Waals surface area contributed by atoms with E-state index >= 15 is 0 Å². The fourth-order valence-electron chi connectivity index (χ4n) is 1.30. The van der Waals surface area contributed by atoms with Crippen LogP contribution < -0.4 is 15.8 Å². The fraction of sp³-hybridized carbons (Fsp3) is 0.417. The molecule has 0 bridgehead atoms. The molecule has 0 saturated heterocycles. The van der Waals surface area contributed by atoms with Crippen molar-refractivity contribution < 1.29 is 9.53 Å². The molecule has 0 aliphatic carbocycles. The first-order valence-electron chi connectivity index (χ1n) is 5.46. The number of primary amides is 1. The number of rotatable bonds is 6. The zero-order valence-corrected chi connectivity index (χ0v) is 11.6. The Morgan fingerprint density at radius 2 is 2.24 bits per heavy atom. The summed E-state index contributed by atoms with van der Waals surface area (Å²) in [7, 11) is 0.